The molecule has 148 valence electrons. The molecule has 28 heavy (non-hydrogen) atoms. The molecule has 0 bridgehead atoms. The Morgan fingerprint density at radius 3 is 2.89 bits per heavy atom. The van der Waals surface area contributed by atoms with Gasteiger partial charge >= 0.3 is 5.97 Å². The van der Waals surface area contributed by atoms with Gasteiger partial charge in [-0.2, -0.15) is 0 Å². The second-order valence-corrected chi connectivity index (χ2v) is 6.99. The summed E-state index contributed by atoms with van der Waals surface area (Å²) in [5, 5.41) is 12.1. The SMILES string of the molecule is CNc1cccc(CCOc2ccc3c(c2)CN(C)C(=O)[C@H](CC(=O)O)C3)n1. The van der Waals surface area contributed by atoms with Crippen LogP contribution in [0.4, 0.5) is 5.82 Å². The molecular formula is C21H25N3O4. The first kappa shape index (κ1) is 19.7. The van der Waals surface area contributed by atoms with Gasteiger partial charge in [-0.1, -0.05) is 12.1 Å². The quantitative estimate of drug-likeness (QED) is 0.763. The van der Waals surface area contributed by atoms with E-state index in [2.05, 4.69) is 10.3 Å². The molecule has 1 amide bonds. The molecule has 7 heteroatoms. The number of ether oxygens (including phenoxy) is 1. The molecule has 7 nitrogen and oxygen atoms in total. The van der Waals surface area contributed by atoms with E-state index in [-0.39, 0.29) is 12.3 Å². The molecule has 1 atom stereocenters. The minimum atomic E-state index is -0.953. The number of benzene rings is 1. The van der Waals surface area contributed by atoms with Crippen LogP contribution >= 0.6 is 0 Å². The molecule has 0 saturated heterocycles. The minimum Gasteiger partial charge on any atom is -0.493 e. The molecule has 0 unspecified atom stereocenters. The highest BCUT2D eigenvalue weighted by atomic mass is 16.5. The molecule has 3 rings (SSSR count). The fraction of sp³-hybridized carbons (Fsp3) is 0.381. The van der Waals surface area contributed by atoms with Gasteiger partial charge in [0.1, 0.15) is 11.6 Å². The van der Waals surface area contributed by atoms with Crippen LogP contribution < -0.4 is 10.1 Å². The number of amides is 1. The number of hydrogen-bond acceptors (Lipinski definition) is 5. The van der Waals surface area contributed by atoms with Gasteiger partial charge in [-0.05, 0) is 41.8 Å². The number of carboxylic acids is 1. The third-order valence-corrected chi connectivity index (χ3v) is 4.89. The lowest BCUT2D eigenvalue weighted by molar-refractivity contribution is -0.143. The summed E-state index contributed by atoms with van der Waals surface area (Å²) < 4.78 is 5.89. The lowest BCUT2D eigenvalue weighted by Crippen LogP contribution is -2.32. The van der Waals surface area contributed by atoms with Crippen molar-refractivity contribution in [2.45, 2.75) is 25.8 Å². The lowest BCUT2D eigenvalue weighted by Gasteiger charge is -2.18. The summed E-state index contributed by atoms with van der Waals surface area (Å²) in [4.78, 5) is 29.6. The number of aromatic nitrogens is 1. The molecule has 0 fully saturated rings. The van der Waals surface area contributed by atoms with E-state index >= 15 is 0 Å². The fourth-order valence-electron chi connectivity index (χ4n) is 3.44. The first-order valence-corrected chi connectivity index (χ1v) is 9.31. The third-order valence-electron chi connectivity index (χ3n) is 4.89. The minimum absolute atomic E-state index is 0.128. The summed E-state index contributed by atoms with van der Waals surface area (Å²) in [7, 11) is 3.54. The van der Waals surface area contributed by atoms with E-state index in [1.54, 1.807) is 11.9 Å². The molecule has 1 aromatic heterocycles. The smallest absolute Gasteiger partial charge is 0.304 e. The number of nitrogens with zero attached hydrogens (tertiary/aromatic N) is 2. The van der Waals surface area contributed by atoms with Crippen molar-refractivity contribution >= 4 is 17.7 Å². The van der Waals surface area contributed by atoms with E-state index in [0.29, 0.717) is 26.0 Å². The van der Waals surface area contributed by atoms with Gasteiger partial charge in [0.2, 0.25) is 5.91 Å². The van der Waals surface area contributed by atoms with Crippen LogP contribution in [-0.2, 0) is 29.0 Å². The summed E-state index contributed by atoms with van der Waals surface area (Å²) in [6, 6.07) is 11.6. The van der Waals surface area contributed by atoms with Crippen molar-refractivity contribution in [3.63, 3.8) is 0 Å². The molecule has 2 heterocycles. The number of carbonyl (C=O) groups excluding carboxylic acids is 1. The zero-order valence-corrected chi connectivity index (χ0v) is 16.1. The highest BCUT2D eigenvalue weighted by Gasteiger charge is 2.29. The number of pyridine rings is 1. The van der Waals surface area contributed by atoms with Gasteiger partial charge in [-0.15, -0.1) is 0 Å². The number of rotatable bonds is 7. The maximum atomic E-state index is 12.4. The van der Waals surface area contributed by atoms with Gasteiger partial charge in [0.05, 0.1) is 18.9 Å². The van der Waals surface area contributed by atoms with Crippen LogP contribution in [0.2, 0.25) is 0 Å². The van der Waals surface area contributed by atoms with Crippen LogP contribution in [-0.4, -0.2) is 47.6 Å². The van der Waals surface area contributed by atoms with Crippen LogP contribution in [0, 0.1) is 5.92 Å². The summed E-state index contributed by atoms with van der Waals surface area (Å²) in [6.45, 7) is 0.947. The third kappa shape index (κ3) is 4.79. The molecule has 0 radical (unpaired) electrons. The first-order chi connectivity index (χ1) is 13.5. The van der Waals surface area contributed by atoms with Crippen molar-refractivity contribution in [3.05, 3.63) is 53.2 Å². The first-order valence-electron chi connectivity index (χ1n) is 9.31. The standard InChI is InChI=1S/C21H25N3O4/c1-22-19-5-3-4-17(23-19)8-9-28-18-7-6-14-10-15(12-20(25)26)21(27)24(2)13-16(14)11-18/h3-7,11,15H,8-10,12-13H2,1-2H3,(H,22,23)(H,25,26)/t15-/m0/s1. The van der Waals surface area contributed by atoms with Crippen molar-refractivity contribution < 1.29 is 19.4 Å². The maximum absolute atomic E-state index is 12.4. The molecule has 0 spiro atoms. The van der Waals surface area contributed by atoms with E-state index in [1.807, 2.05) is 43.4 Å². The zero-order chi connectivity index (χ0) is 20.1. The number of fused-ring (bicyclic) bond motifs is 1. The van der Waals surface area contributed by atoms with Crippen molar-refractivity contribution in [2.24, 2.45) is 5.92 Å². The predicted octanol–water partition coefficient (Wildman–Crippen LogP) is 2.35. The fourth-order valence-corrected chi connectivity index (χ4v) is 3.44. The van der Waals surface area contributed by atoms with E-state index in [0.717, 1.165) is 28.4 Å². The Morgan fingerprint density at radius 2 is 2.14 bits per heavy atom. The topological polar surface area (TPSA) is 91.8 Å². The van der Waals surface area contributed by atoms with Gasteiger partial charge in [-0.3, -0.25) is 9.59 Å². The Balaban J connectivity index is 1.66. The zero-order valence-electron chi connectivity index (χ0n) is 16.1. The summed E-state index contributed by atoms with van der Waals surface area (Å²) >= 11 is 0. The molecule has 1 aliphatic heterocycles. The van der Waals surface area contributed by atoms with E-state index in [9.17, 15) is 9.59 Å². The second-order valence-electron chi connectivity index (χ2n) is 6.99. The lowest BCUT2D eigenvalue weighted by atomic mass is 9.94. The number of carbonyl (C=O) groups is 2. The molecule has 2 aromatic rings. The van der Waals surface area contributed by atoms with E-state index in [1.165, 1.54) is 0 Å². The molecule has 2 N–H and O–H groups in total. The summed E-state index contributed by atoms with van der Waals surface area (Å²) in [6.07, 6.45) is 0.969. The Bertz CT molecular complexity index is 868. The summed E-state index contributed by atoms with van der Waals surface area (Å²) in [5.41, 5.74) is 2.94. The Kier molecular flexibility index (Phi) is 6.13. The number of anilines is 1. The highest BCUT2D eigenvalue weighted by Crippen LogP contribution is 2.27. The van der Waals surface area contributed by atoms with Crippen molar-refractivity contribution in [3.8, 4) is 5.75 Å². The van der Waals surface area contributed by atoms with Crippen molar-refractivity contribution in [1.82, 2.24) is 9.88 Å². The van der Waals surface area contributed by atoms with E-state index < -0.39 is 11.9 Å². The number of carboxylic acid groups (broad SMARTS) is 1. The molecule has 1 aliphatic rings. The maximum Gasteiger partial charge on any atom is 0.304 e. The average Bonchev–Trinajstić information content (AvgIpc) is 2.78. The largest absolute Gasteiger partial charge is 0.493 e. The number of nitrogens with one attached hydrogen (secondary N) is 1. The van der Waals surface area contributed by atoms with E-state index in [4.69, 9.17) is 9.84 Å². The van der Waals surface area contributed by atoms with Crippen LogP contribution in [0.5, 0.6) is 5.75 Å². The van der Waals surface area contributed by atoms with Crippen LogP contribution in [0.3, 0.4) is 0 Å². The van der Waals surface area contributed by atoms with Crippen LogP contribution in [0.15, 0.2) is 36.4 Å². The molecule has 1 aromatic carbocycles. The van der Waals surface area contributed by atoms with Crippen LogP contribution in [0.1, 0.15) is 23.2 Å². The second kappa shape index (κ2) is 8.73. The molecule has 0 aliphatic carbocycles. The van der Waals surface area contributed by atoms with Gasteiger partial charge in [0.15, 0.2) is 0 Å². The van der Waals surface area contributed by atoms with Crippen molar-refractivity contribution in [1.29, 1.82) is 0 Å². The van der Waals surface area contributed by atoms with Gasteiger partial charge in [0, 0.05) is 32.8 Å². The monoisotopic (exact) mass is 383 g/mol. The molecule has 0 saturated carbocycles. The summed E-state index contributed by atoms with van der Waals surface area (Å²) in [5.74, 6) is -0.0455. The van der Waals surface area contributed by atoms with Gasteiger partial charge in [0.25, 0.3) is 0 Å². The number of hydrogen-bond donors (Lipinski definition) is 2. The Morgan fingerprint density at radius 1 is 1.32 bits per heavy atom. The Hall–Kier alpha value is -3.09. The highest BCUT2D eigenvalue weighted by molar-refractivity contribution is 5.84. The van der Waals surface area contributed by atoms with Crippen molar-refractivity contribution in [2.75, 3.05) is 26.0 Å². The van der Waals surface area contributed by atoms with Crippen LogP contribution in [0.25, 0.3) is 0 Å². The Labute approximate surface area is 164 Å². The van der Waals surface area contributed by atoms with Gasteiger partial charge in [-0.25, -0.2) is 4.98 Å². The van der Waals surface area contributed by atoms with Gasteiger partial charge < -0.3 is 20.1 Å². The normalized spacial score (nSPS) is 16.3. The predicted molar refractivity (Wildman–Crippen MR) is 105 cm³/mol. The number of aliphatic carboxylic acids is 1. The average molecular weight is 383 g/mol. The molecular weight excluding hydrogens is 358 g/mol.